The van der Waals surface area contributed by atoms with Crippen molar-refractivity contribution >= 4 is 44.9 Å². The van der Waals surface area contributed by atoms with Crippen LogP contribution in [0.25, 0.3) is 10.2 Å². The lowest BCUT2D eigenvalue weighted by Gasteiger charge is -2.10. The topological polar surface area (TPSA) is 84.1 Å². The van der Waals surface area contributed by atoms with Crippen LogP contribution in [0.4, 0.5) is 5.69 Å². The van der Waals surface area contributed by atoms with Crippen molar-refractivity contribution in [3.05, 3.63) is 44.6 Å². The molecule has 0 aliphatic heterocycles. The molecule has 1 aliphatic carbocycles. The summed E-state index contributed by atoms with van der Waals surface area (Å²) in [6.45, 7) is 1.91. The fraction of sp³-hybridized carbons (Fsp3) is 0.350. The molecule has 0 atom stereocenters. The lowest BCUT2D eigenvalue weighted by molar-refractivity contribution is -0.113. The van der Waals surface area contributed by atoms with Gasteiger partial charge in [-0.2, -0.15) is 0 Å². The minimum absolute atomic E-state index is 0.0988. The predicted octanol–water partition coefficient (Wildman–Crippen LogP) is 3.91. The Kier molecular flexibility index (Phi) is 5.41. The molecule has 3 aromatic rings. The summed E-state index contributed by atoms with van der Waals surface area (Å²) in [4.78, 5) is 34.4. The number of amides is 1. The predicted molar refractivity (Wildman–Crippen MR) is 114 cm³/mol. The Bertz CT molecular complexity index is 1100. The number of thioether (sulfide) groups is 1. The number of benzene rings is 1. The quantitative estimate of drug-likeness (QED) is 0.488. The first-order valence-electron chi connectivity index (χ1n) is 9.17. The summed E-state index contributed by atoms with van der Waals surface area (Å²) >= 11 is 2.85. The van der Waals surface area contributed by atoms with Gasteiger partial charge in [-0.15, -0.1) is 11.3 Å². The highest BCUT2D eigenvalue weighted by atomic mass is 32.2. The number of thiophene rings is 1. The van der Waals surface area contributed by atoms with Gasteiger partial charge in [0, 0.05) is 10.6 Å². The number of carbonyl (C=O) groups is 1. The Labute approximate surface area is 170 Å². The fourth-order valence-electron chi connectivity index (χ4n) is 3.44. The average molecular weight is 416 g/mol. The van der Waals surface area contributed by atoms with Gasteiger partial charge in [0.1, 0.15) is 10.6 Å². The molecular formula is C20H21N3O3S2. The highest BCUT2D eigenvalue weighted by Gasteiger charge is 2.20. The Morgan fingerprint density at radius 2 is 2.18 bits per heavy atom. The van der Waals surface area contributed by atoms with Crippen LogP contribution >= 0.6 is 23.1 Å². The second kappa shape index (κ2) is 7.97. The third kappa shape index (κ3) is 3.79. The van der Waals surface area contributed by atoms with E-state index in [1.165, 1.54) is 28.6 Å². The van der Waals surface area contributed by atoms with E-state index >= 15 is 0 Å². The molecule has 0 radical (unpaired) electrons. The van der Waals surface area contributed by atoms with Gasteiger partial charge in [0.25, 0.3) is 5.56 Å². The van der Waals surface area contributed by atoms with Gasteiger partial charge in [0.15, 0.2) is 5.16 Å². The molecule has 146 valence electrons. The molecule has 0 unspecified atom stereocenters. The van der Waals surface area contributed by atoms with E-state index in [0.717, 1.165) is 46.5 Å². The molecule has 1 amide bonds. The maximum absolute atomic E-state index is 12.6. The van der Waals surface area contributed by atoms with Crippen molar-refractivity contribution in [3.8, 4) is 5.75 Å². The van der Waals surface area contributed by atoms with Crippen molar-refractivity contribution in [1.29, 1.82) is 0 Å². The molecule has 1 aromatic carbocycles. The van der Waals surface area contributed by atoms with Crippen LogP contribution in [0, 0.1) is 6.92 Å². The number of methoxy groups -OCH3 is 1. The second-order valence-corrected chi connectivity index (χ2v) is 8.83. The van der Waals surface area contributed by atoms with Gasteiger partial charge in [-0.3, -0.25) is 9.59 Å². The van der Waals surface area contributed by atoms with Crippen molar-refractivity contribution in [2.75, 3.05) is 18.2 Å². The SMILES string of the molecule is COc1ccc(NC(=O)CSc2nc3sc4c(c3c(=O)[nH]2)CCCC4)c(C)c1. The number of aryl methyl sites for hydroxylation is 3. The zero-order valence-corrected chi connectivity index (χ0v) is 17.4. The molecule has 0 saturated heterocycles. The van der Waals surface area contributed by atoms with Gasteiger partial charge in [-0.05, 0) is 61.9 Å². The first-order valence-corrected chi connectivity index (χ1v) is 11.0. The monoisotopic (exact) mass is 415 g/mol. The summed E-state index contributed by atoms with van der Waals surface area (Å²) in [6.07, 6.45) is 4.28. The minimum Gasteiger partial charge on any atom is -0.497 e. The number of H-pyrrole nitrogens is 1. The third-order valence-corrected chi connectivity index (χ3v) is 6.91. The Balaban J connectivity index is 1.46. The molecule has 28 heavy (non-hydrogen) atoms. The van der Waals surface area contributed by atoms with Crippen LogP contribution in [-0.2, 0) is 17.6 Å². The normalized spacial score (nSPS) is 13.4. The second-order valence-electron chi connectivity index (χ2n) is 6.78. The van der Waals surface area contributed by atoms with E-state index in [2.05, 4.69) is 15.3 Å². The minimum atomic E-state index is -0.147. The number of fused-ring (bicyclic) bond motifs is 3. The standard InChI is InChI=1S/C20H21N3O3S2/c1-11-9-12(26-2)7-8-14(11)21-16(24)10-27-20-22-18(25)17-13-5-3-4-6-15(13)28-19(17)23-20/h7-9H,3-6,10H2,1-2H3,(H,21,24)(H,22,23,25). The van der Waals surface area contributed by atoms with Gasteiger partial charge in [-0.25, -0.2) is 4.98 Å². The van der Waals surface area contributed by atoms with Crippen molar-refractivity contribution in [2.24, 2.45) is 0 Å². The van der Waals surface area contributed by atoms with Crippen LogP contribution in [0.3, 0.4) is 0 Å². The van der Waals surface area contributed by atoms with E-state index < -0.39 is 0 Å². The molecule has 1 aliphatic rings. The number of nitrogens with zero attached hydrogens (tertiary/aromatic N) is 1. The Hall–Kier alpha value is -2.32. The highest BCUT2D eigenvalue weighted by Crippen LogP contribution is 2.34. The molecule has 2 heterocycles. The van der Waals surface area contributed by atoms with Crippen molar-refractivity contribution in [2.45, 2.75) is 37.8 Å². The number of carbonyl (C=O) groups excluding carboxylic acids is 1. The molecule has 0 saturated carbocycles. The molecule has 6 nitrogen and oxygen atoms in total. The Morgan fingerprint density at radius 1 is 1.36 bits per heavy atom. The first kappa shape index (κ1) is 19.0. The number of aromatic amines is 1. The third-order valence-electron chi connectivity index (χ3n) is 4.85. The van der Waals surface area contributed by atoms with E-state index in [-0.39, 0.29) is 17.2 Å². The number of hydrogen-bond donors (Lipinski definition) is 2. The number of ether oxygens (including phenoxy) is 1. The number of rotatable bonds is 5. The molecule has 2 N–H and O–H groups in total. The highest BCUT2D eigenvalue weighted by molar-refractivity contribution is 7.99. The van der Waals surface area contributed by atoms with E-state index in [1.807, 2.05) is 19.1 Å². The first-order chi connectivity index (χ1) is 13.5. The van der Waals surface area contributed by atoms with E-state index in [4.69, 9.17) is 4.74 Å². The van der Waals surface area contributed by atoms with Gasteiger partial charge in [0.05, 0.1) is 18.2 Å². The summed E-state index contributed by atoms with van der Waals surface area (Å²) in [6, 6.07) is 5.49. The zero-order chi connectivity index (χ0) is 19.7. The maximum atomic E-state index is 12.6. The van der Waals surface area contributed by atoms with Gasteiger partial charge in [0.2, 0.25) is 5.91 Å². The zero-order valence-electron chi connectivity index (χ0n) is 15.8. The summed E-state index contributed by atoms with van der Waals surface area (Å²) in [7, 11) is 1.61. The smallest absolute Gasteiger partial charge is 0.260 e. The molecular weight excluding hydrogens is 394 g/mol. The average Bonchev–Trinajstić information content (AvgIpc) is 3.06. The number of nitrogens with one attached hydrogen (secondary N) is 2. The van der Waals surface area contributed by atoms with Crippen LogP contribution in [0.2, 0.25) is 0 Å². The summed E-state index contributed by atoms with van der Waals surface area (Å²) < 4.78 is 5.18. The largest absolute Gasteiger partial charge is 0.497 e. The maximum Gasteiger partial charge on any atom is 0.260 e. The molecule has 2 aromatic heterocycles. The molecule has 8 heteroatoms. The molecule has 4 rings (SSSR count). The van der Waals surface area contributed by atoms with Gasteiger partial charge in [-0.1, -0.05) is 11.8 Å². The summed E-state index contributed by atoms with van der Waals surface area (Å²) in [5.41, 5.74) is 2.74. The molecule has 0 fully saturated rings. The number of aromatic nitrogens is 2. The van der Waals surface area contributed by atoms with Crippen LogP contribution < -0.4 is 15.6 Å². The van der Waals surface area contributed by atoms with Gasteiger partial charge < -0.3 is 15.0 Å². The van der Waals surface area contributed by atoms with Crippen LogP contribution in [0.1, 0.15) is 28.8 Å². The lowest BCUT2D eigenvalue weighted by atomic mass is 9.97. The Morgan fingerprint density at radius 3 is 2.96 bits per heavy atom. The van der Waals surface area contributed by atoms with Crippen LogP contribution in [-0.4, -0.2) is 28.7 Å². The number of anilines is 1. The summed E-state index contributed by atoms with van der Waals surface area (Å²) in [5.74, 6) is 0.774. The van der Waals surface area contributed by atoms with E-state index in [9.17, 15) is 9.59 Å². The molecule has 0 bridgehead atoms. The van der Waals surface area contributed by atoms with E-state index in [0.29, 0.717) is 5.16 Å². The number of hydrogen-bond acceptors (Lipinski definition) is 6. The lowest BCUT2D eigenvalue weighted by Crippen LogP contribution is -2.16. The van der Waals surface area contributed by atoms with Crippen molar-refractivity contribution < 1.29 is 9.53 Å². The van der Waals surface area contributed by atoms with Crippen molar-refractivity contribution in [3.63, 3.8) is 0 Å². The fourth-order valence-corrected chi connectivity index (χ4v) is 5.42. The van der Waals surface area contributed by atoms with Crippen LogP contribution in [0.15, 0.2) is 28.2 Å². The van der Waals surface area contributed by atoms with Crippen molar-refractivity contribution in [1.82, 2.24) is 9.97 Å². The van der Waals surface area contributed by atoms with E-state index in [1.54, 1.807) is 24.5 Å². The van der Waals surface area contributed by atoms with Gasteiger partial charge >= 0.3 is 0 Å². The van der Waals surface area contributed by atoms with Crippen LogP contribution in [0.5, 0.6) is 5.75 Å². The molecule has 0 spiro atoms. The summed E-state index contributed by atoms with van der Waals surface area (Å²) in [5, 5.41) is 4.11.